The summed E-state index contributed by atoms with van der Waals surface area (Å²) in [5, 5.41) is 3.23. The molecule has 1 rings (SSSR count). The molecule has 0 bridgehead atoms. The minimum absolute atomic E-state index is 0.134. The lowest BCUT2D eigenvalue weighted by Gasteiger charge is -2.44. The van der Waals surface area contributed by atoms with Crippen molar-refractivity contribution in [3.8, 4) is 0 Å². The Morgan fingerprint density at radius 3 is 2.71 bits per heavy atom. The van der Waals surface area contributed by atoms with Crippen LogP contribution in [0.15, 0.2) is 0 Å². The largest absolute Gasteiger partial charge is 0.468 e. The third-order valence-electron chi connectivity index (χ3n) is 4.96. The second kappa shape index (κ2) is 8.71. The Morgan fingerprint density at radius 1 is 1.48 bits per heavy atom. The number of nitrogens with zero attached hydrogens (tertiary/aromatic N) is 1. The van der Waals surface area contributed by atoms with Crippen molar-refractivity contribution >= 4 is 5.97 Å². The Bertz CT molecular complexity index is 325. The summed E-state index contributed by atoms with van der Waals surface area (Å²) in [6.45, 7) is 6.10. The Morgan fingerprint density at radius 2 is 2.19 bits per heavy atom. The number of rotatable bonds is 8. The molecule has 1 aliphatic rings. The van der Waals surface area contributed by atoms with Gasteiger partial charge in [-0.05, 0) is 46.1 Å². The Labute approximate surface area is 129 Å². The average molecular weight is 300 g/mol. The minimum atomic E-state index is -0.531. The molecule has 1 N–H and O–H groups in total. The highest BCUT2D eigenvalue weighted by Crippen LogP contribution is 2.33. The number of esters is 1. The van der Waals surface area contributed by atoms with E-state index in [2.05, 4.69) is 24.1 Å². The lowest BCUT2D eigenvalue weighted by molar-refractivity contribution is -0.151. The zero-order chi connectivity index (χ0) is 15.9. The summed E-state index contributed by atoms with van der Waals surface area (Å²) in [5.41, 5.74) is -0.531. The molecule has 0 aromatic carbocycles. The summed E-state index contributed by atoms with van der Waals surface area (Å²) in [6.07, 6.45) is 4.94. The zero-order valence-corrected chi connectivity index (χ0v) is 14.3. The van der Waals surface area contributed by atoms with Crippen molar-refractivity contribution in [2.24, 2.45) is 0 Å². The fraction of sp³-hybridized carbons (Fsp3) is 0.938. The number of likely N-dealkylation sites (N-methyl/N-ethyl adjacent to an activating group) is 1. The van der Waals surface area contributed by atoms with Crippen LogP contribution < -0.4 is 5.32 Å². The third kappa shape index (κ3) is 4.41. The van der Waals surface area contributed by atoms with Gasteiger partial charge in [0.2, 0.25) is 0 Å². The molecule has 0 aromatic heterocycles. The molecule has 0 aromatic rings. The van der Waals surface area contributed by atoms with Crippen molar-refractivity contribution in [1.29, 1.82) is 0 Å². The van der Waals surface area contributed by atoms with Crippen LogP contribution in [-0.2, 0) is 14.3 Å². The molecule has 5 nitrogen and oxygen atoms in total. The average Bonchev–Trinajstić information content (AvgIpc) is 2.54. The lowest BCUT2D eigenvalue weighted by Crippen LogP contribution is -2.58. The molecule has 1 aliphatic carbocycles. The first-order chi connectivity index (χ1) is 10.0. The standard InChI is InChI=1S/C16H32N2O3/c1-6-13(2)18(10-11-20-4)14-8-7-9-16(12-14,17-3)15(19)21-5/h13-14,17H,6-12H2,1-5H3. The van der Waals surface area contributed by atoms with Crippen molar-refractivity contribution in [3.05, 3.63) is 0 Å². The molecule has 0 aliphatic heterocycles. The second-order valence-electron chi connectivity index (χ2n) is 6.06. The van der Waals surface area contributed by atoms with Crippen molar-refractivity contribution in [2.45, 2.75) is 63.6 Å². The van der Waals surface area contributed by atoms with Crippen molar-refractivity contribution < 1.29 is 14.3 Å². The van der Waals surface area contributed by atoms with Gasteiger partial charge in [0.15, 0.2) is 0 Å². The molecule has 21 heavy (non-hydrogen) atoms. The monoisotopic (exact) mass is 300 g/mol. The molecular weight excluding hydrogens is 268 g/mol. The maximum absolute atomic E-state index is 12.2. The Balaban J connectivity index is 2.85. The van der Waals surface area contributed by atoms with E-state index in [1.807, 2.05) is 7.05 Å². The van der Waals surface area contributed by atoms with Crippen LogP contribution in [0, 0.1) is 0 Å². The van der Waals surface area contributed by atoms with E-state index in [-0.39, 0.29) is 5.97 Å². The minimum Gasteiger partial charge on any atom is -0.468 e. The smallest absolute Gasteiger partial charge is 0.326 e. The topological polar surface area (TPSA) is 50.8 Å². The van der Waals surface area contributed by atoms with Gasteiger partial charge in [-0.2, -0.15) is 0 Å². The molecule has 5 heteroatoms. The fourth-order valence-corrected chi connectivity index (χ4v) is 3.43. The number of hydrogen-bond acceptors (Lipinski definition) is 5. The molecule has 0 spiro atoms. The molecule has 0 saturated heterocycles. The van der Waals surface area contributed by atoms with E-state index in [1.54, 1.807) is 7.11 Å². The SMILES string of the molecule is CCC(C)N(CCOC)C1CCCC(NC)(C(=O)OC)C1. The summed E-state index contributed by atoms with van der Waals surface area (Å²) >= 11 is 0. The van der Waals surface area contributed by atoms with Crippen LogP contribution >= 0.6 is 0 Å². The van der Waals surface area contributed by atoms with Crippen molar-refractivity contribution in [3.63, 3.8) is 0 Å². The van der Waals surface area contributed by atoms with Gasteiger partial charge in [-0.3, -0.25) is 9.69 Å². The van der Waals surface area contributed by atoms with E-state index in [0.29, 0.717) is 12.1 Å². The molecule has 0 amide bonds. The van der Waals surface area contributed by atoms with E-state index >= 15 is 0 Å². The predicted molar refractivity (Wildman–Crippen MR) is 84.4 cm³/mol. The molecule has 0 heterocycles. The number of carbonyl (C=O) groups excluding carboxylic acids is 1. The second-order valence-corrected chi connectivity index (χ2v) is 6.06. The number of hydrogen-bond donors (Lipinski definition) is 1. The van der Waals surface area contributed by atoms with Gasteiger partial charge >= 0.3 is 5.97 Å². The first-order valence-corrected chi connectivity index (χ1v) is 8.06. The van der Waals surface area contributed by atoms with Gasteiger partial charge in [0.1, 0.15) is 5.54 Å². The highest BCUT2D eigenvalue weighted by Gasteiger charge is 2.44. The zero-order valence-electron chi connectivity index (χ0n) is 14.3. The summed E-state index contributed by atoms with van der Waals surface area (Å²) in [6, 6.07) is 0.894. The van der Waals surface area contributed by atoms with Crippen LogP contribution in [0.4, 0.5) is 0 Å². The molecule has 1 fully saturated rings. The summed E-state index contributed by atoms with van der Waals surface area (Å²) in [7, 11) is 5.08. The van der Waals surface area contributed by atoms with Crippen LogP contribution in [0.3, 0.4) is 0 Å². The third-order valence-corrected chi connectivity index (χ3v) is 4.96. The van der Waals surface area contributed by atoms with Crippen LogP contribution in [-0.4, -0.2) is 62.9 Å². The van der Waals surface area contributed by atoms with Gasteiger partial charge in [-0.1, -0.05) is 6.92 Å². The van der Waals surface area contributed by atoms with E-state index in [4.69, 9.17) is 9.47 Å². The van der Waals surface area contributed by atoms with E-state index in [0.717, 1.165) is 45.3 Å². The van der Waals surface area contributed by atoms with Gasteiger partial charge in [-0.15, -0.1) is 0 Å². The number of methoxy groups -OCH3 is 2. The van der Waals surface area contributed by atoms with Crippen LogP contribution in [0.25, 0.3) is 0 Å². The Hall–Kier alpha value is -0.650. The summed E-state index contributed by atoms with van der Waals surface area (Å²) in [5.74, 6) is -0.134. The highest BCUT2D eigenvalue weighted by atomic mass is 16.5. The van der Waals surface area contributed by atoms with Crippen LogP contribution in [0.2, 0.25) is 0 Å². The Kier molecular flexibility index (Phi) is 7.63. The van der Waals surface area contributed by atoms with E-state index in [9.17, 15) is 4.79 Å². The summed E-state index contributed by atoms with van der Waals surface area (Å²) in [4.78, 5) is 14.7. The molecule has 1 saturated carbocycles. The maximum atomic E-state index is 12.2. The quantitative estimate of drug-likeness (QED) is 0.693. The highest BCUT2D eigenvalue weighted by molar-refractivity contribution is 5.81. The van der Waals surface area contributed by atoms with E-state index in [1.165, 1.54) is 7.11 Å². The van der Waals surface area contributed by atoms with Gasteiger partial charge < -0.3 is 14.8 Å². The number of ether oxygens (including phenoxy) is 2. The first-order valence-electron chi connectivity index (χ1n) is 8.06. The van der Waals surface area contributed by atoms with Crippen LogP contribution in [0.1, 0.15) is 46.0 Å². The molecule has 3 atom stereocenters. The molecule has 0 radical (unpaired) electrons. The molecule has 124 valence electrons. The normalized spacial score (nSPS) is 27.6. The molecule has 3 unspecified atom stereocenters. The van der Waals surface area contributed by atoms with Gasteiger partial charge in [0, 0.05) is 25.7 Å². The van der Waals surface area contributed by atoms with Gasteiger partial charge in [-0.25, -0.2) is 0 Å². The lowest BCUT2D eigenvalue weighted by atomic mass is 9.78. The van der Waals surface area contributed by atoms with Gasteiger partial charge in [0.05, 0.1) is 13.7 Å². The summed E-state index contributed by atoms with van der Waals surface area (Å²) < 4.78 is 10.3. The van der Waals surface area contributed by atoms with Gasteiger partial charge in [0.25, 0.3) is 0 Å². The van der Waals surface area contributed by atoms with Crippen molar-refractivity contribution in [1.82, 2.24) is 10.2 Å². The first kappa shape index (κ1) is 18.4. The molecular formula is C16H32N2O3. The van der Waals surface area contributed by atoms with E-state index < -0.39 is 5.54 Å². The maximum Gasteiger partial charge on any atom is 0.326 e. The number of carbonyl (C=O) groups is 1. The van der Waals surface area contributed by atoms with Crippen molar-refractivity contribution in [2.75, 3.05) is 34.4 Å². The predicted octanol–water partition coefficient (Wildman–Crippen LogP) is 1.81. The van der Waals surface area contributed by atoms with Crippen LogP contribution in [0.5, 0.6) is 0 Å². The number of nitrogens with one attached hydrogen (secondary N) is 1. The fourth-order valence-electron chi connectivity index (χ4n) is 3.43.